The average molecular weight is 572 g/mol. The summed E-state index contributed by atoms with van der Waals surface area (Å²) in [6.07, 6.45) is 1.85. The third-order valence-electron chi connectivity index (χ3n) is 6.70. The Hall–Kier alpha value is -4.64. The molecule has 4 heterocycles. The molecule has 0 bridgehead atoms. The Kier molecular flexibility index (Phi) is 6.74. The largest absolute Gasteiger partial charge is 0.457 e. The first-order chi connectivity index (χ1) is 19.7. The van der Waals surface area contributed by atoms with Gasteiger partial charge in [-0.3, -0.25) is 9.69 Å². The lowest BCUT2D eigenvalue weighted by atomic mass is 10.1. The quantitative estimate of drug-likeness (QED) is 0.282. The molecule has 1 fully saturated rings. The van der Waals surface area contributed by atoms with Crippen LogP contribution in [0.4, 0.5) is 26.7 Å². The van der Waals surface area contributed by atoms with Crippen molar-refractivity contribution in [2.45, 2.75) is 38.8 Å². The first-order valence-electron chi connectivity index (χ1n) is 13.3. The highest BCUT2D eigenvalue weighted by Crippen LogP contribution is 2.46. The molecule has 41 heavy (non-hydrogen) atoms. The summed E-state index contributed by atoms with van der Waals surface area (Å²) >= 11 is 1.22. The van der Waals surface area contributed by atoms with E-state index in [0.717, 1.165) is 5.75 Å². The van der Waals surface area contributed by atoms with Crippen molar-refractivity contribution in [2.75, 3.05) is 23.3 Å². The molecule has 2 aromatic heterocycles. The molecule has 0 aliphatic carbocycles. The second kappa shape index (κ2) is 10.4. The summed E-state index contributed by atoms with van der Waals surface area (Å²) in [5.41, 5.74) is 1.13. The minimum Gasteiger partial charge on any atom is -0.457 e. The van der Waals surface area contributed by atoms with Gasteiger partial charge in [0.15, 0.2) is 0 Å². The molecule has 4 aromatic rings. The summed E-state index contributed by atoms with van der Waals surface area (Å²) in [6, 6.07) is 17.8. The van der Waals surface area contributed by atoms with Crippen LogP contribution in [0.15, 0.2) is 66.9 Å². The van der Waals surface area contributed by atoms with Crippen LogP contribution in [0.2, 0.25) is 0 Å². The number of para-hydroxylation sites is 1. The number of benzene rings is 2. The van der Waals surface area contributed by atoms with Gasteiger partial charge in [0.05, 0.1) is 22.4 Å². The summed E-state index contributed by atoms with van der Waals surface area (Å²) < 4.78 is 11.3. The van der Waals surface area contributed by atoms with Crippen molar-refractivity contribution < 1.29 is 23.9 Å². The van der Waals surface area contributed by atoms with E-state index in [0.29, 0.717) is 57.4 Å². The lowest BCUT2D eigenvalue weighted by Crippen LogP contribution is -2.40. The zero-order valence-corrected chi connectivity index (χ0v) is 23.7. The second-order valence-electron chi connectivity index (χ2n) is 10.9. The van der Waals surface area contributed by atoms with E-state index in [9.17, 15) is 14.4 Å². The Morgan fingerprint density at radius 1 is 1.05 bits per heavy atom. The minimum absolute atomic E-state index is 0.229. The number of ether oxygens (including phenoxy) is 2. The molecule has 2 aromatic carbocycles. The molecule has 2 N–H and O–H groups in total. The van der Waals surface area contributed by atoms with Gasteiger partial charge in [-0.05, 0) is 69.7 Å². The number of carbonyl (C=O) groups is 3. The van der Waals surface area contributed by atoms with Crippen LogP contribution in [0.1, 0.15) is 36.9 Å². The third kappa shape index (κ3) is 5.40. The molecule has 0 saturated carbocycles. The molecule has 4 amide bonds. The number of anilines is 3. The van der Waals surface area contributed by atoms with Crippen LogP contribution in [0.5, 0.6) is 11.5 Å². The zero-order chi connectivity index (χ0) is 28.7. The molecule has 0 spiro atoms. The number of nitrogens with zero attached hydrogens (tertiary/aromatic N) is 3. The Bertz CT molecular complexity index is 1630. The number of hydrogen-bond acceptors (Lipinski definition) is 7. The number of rotatable bonds is 5. The van der Waals surface area contributed by atoms with Crippen molar-refractivity contribution in [3.05, 3.63) is 71.7 Å². The van der Waals surface area contributed by atoms with E-state index in [1.165, 1.54) is 11.3 Å². The third-order valence-corrected chi connectivity index (χ3v) is 7.80. The van der Waals surface area contributed by atoms with Crippen LogP contribution in [-0.4, -0.2) is 52.6 Å². The topological polar surface area (TPSA) is 113 Å². The predicted octanol–water partition coefficient (Wildman–Crippen LogP) is 6.51. The molecule has 10 nitrogen and oxygen atoms in total. The maximum atomic E-state index is 13.4. The fourth-order valence-electron chi connectivity index (χ4n) is 4.91. The molecular weight excluding hydrogens is 542 g/mol. The number of amides is 4. The van der Waals surface area contributed by atoms with Crippen LogP contribution in [0.25, 0.3) is 10.2 Å². The van der Waals surface area contributed by atoms with Crippen molar-refractivity contribution in [3.63, 3.8) is 0 Å². The number of pyridine rings is 1. The number of nitrogens with one attached hydrogen (secondary N) is 2. The molecule has 0 radical (unpaired) electrons. The summed E-state index contributed by atoms with van der Waals surface area (Å²) in [7, 11) is 0. The number of hydrogen-bond donors (Lipinski definition) is 2. The first-order valence-corrected chi connectivity index (χ1v) is 14.1. The Labute approximate surface area is 240 Å². The standard InChI is InChI=1S/C30H29N5O5S/c1-30(2,3)40-29(38)34-16-14-18(17-34)32-26(36)25-24-23-22(13-15-31-27(23)41-25)35(28(37)33-24)19-9-11-21(12-10-19)39-20-7-5-4-6-8-20/h4-13,15,18H,14,16-17H2,1-3H3,(H,32,36)(H,33,37). The number of thiophene rings is 1. The molecular formula is C30H29N5O5S. The van der Waals surface area contributed by atoms with Crippen LogP contribution in [0.3, 0.4) is 0 Å². The fraction of sp³-hybridized carbons (Fsp3) is 0.267. The van der Waals surface area contributed by atoms with E-state index < -0.39 is 11.7 Å². The normalized spacial score (nSPS) is 16.5. The highest BCUT2D eigenvalue weighted by atomic mass is 32.1. The Balaban J connectivity index is 1.21. The van der Waals surface area contributed by atoms with Crippen molar-refractivity contribution in [3.8, 4) is 11.5 Å². The van der Waals surface area contributed by atoms with Gasteiger partial charge in [0, 0.05) is 25.3 Å². The number of likely N-dealkylation sites (tertiary alicyclic amines) is 1. The monoisotopic (exact) mass is 571 g/mol. The lowest BCUT2D eigenvalue weighted by molar-refractivity contribution is 0.0290. The van der Waals surface area contributed by atoms with Crippen molar-refractivity contribution in [2.24, 2.45) is 0 Å². The molecule has 1 atom stereocenters. The maximum absolute atomic E-state index is 13.4. The van der Waals surface area contributed by atoms with Crippen LogP contribution in [0, 0.1) is 0 Å². The minimum atomic E-state index is -0.590. The molecule has 2 aliphatic rings. The molecule has 1 saturated heterocycles. The van der Waals surface area contributed by atoms with Gasteiger partial charge in [0.25, 0.3) is 5.91 Å². The summed E-state index contributed by atoms with van der Waals surface area (Å²) in [6.45, 7) is 6.31. The second-order valence-corrected chi connectivity index (χ2v) is 11.9. The van der Waals surface area contributed by atoms with Gasteiger partial charge in [-0.1, -0.05) is 18.2 Å². The number of aromatic nitrogens is 1. The van der Waals surface area contributed by atoms with Gasteiger partial charge in [-0.15, -0.1) is 11.3 Å². The van der Waals surface area contributed by atoms with E-state index in [2.05, 4.69) is 15.6 Å². The van der Waals surface area contributed by atoms with Gasteiger partial charge in [-0.25, -0.2) is 14.6 Å². The maximum Gasteiger partial charge on any atom is 0.410 e. The molecule has 11 heteroatoms. The summed E-state index contributed by atoms with van der Waals surface area (Å²) in [4.78, 5) is 47.9. The van der Waals surface area contributed by atoms with E-state index in [-0.39, 0.29) is 18.0 Å². The van der Waals surface area contributed by atoms with Crippen molar-refractivity contribution >= 4 is 56.6 Å². The molecule has 6 rings (SSSR count). The van der Waals surface area contributed by atoms with Gasteiger partial charge in [0.2, 0.25) is 0 Å². The zero-order valence-electron chi connectivity index (χ0n) is 22.8. The Morgan fingerprint density at radius 3 is 2.51 bits per heavy atom. The first kappa shape index (κ1) is 26.6. The molecule has 2 aliphatic heterocycles. The smallest absolute Gasteiger partial charge is 0.410 e. The van der Waals surface area contributed by atoms with Gasteiger partial charge >= 0.3 is 12.1 Å². The average Bonchev–Trinajstić information content (AvgIpc) is 3.55. The SMILES string of the molecule is CC(C)(C)OC(=O)N1CCC(NC(=O)c2sc3nccc4c3c2NC(=O)N4c2ccc(Oc3ccccc3)cc2)C1. The van der Waals surface area contributed by atoms with Gasteiger partial charge in [-0.2, -0.15) is 0 Å². The summed E-state index contributed by atoms with van der Waals surface area (Å²) in [5.74, 6) is 1.04. The lowest BCUT2D eigenvalue weighted by Gasteiger charge is -2.28. The van der Waals surface area contributed by atoms with E-state index in [1.807, 2.05) is 63.2 Å². The predicted molar refractivity (Wildman–Crippen MR) is 157 cm³/mol. The molecule has 1 unspecified atom stereocenters. The Morgan fingerprint density at radius 2 is 1.78 bits per heavy atom. The van der Waals surface area contributed by atoms with Crippen molar-refractivity contribution in [1.29, 1.82) is 0 Å². The fourth-order valence-corrected chi connectivity index (χ4v) is 5.93. The van der Waals surface area contributed by atoms with E-state index in [1.54, 1.807) is 34.2 Å². The van der Waals surface area contributed by atoms with Gasteiger partial charge < -0.3 is 25.0 Å². The summed E-state index contributed by atoms with van der Waals surface area (Å²) in [5, 5.41) is 6.64. The molecule has 210 valence electrons. The van der Waals surface area contributed by atoms with Crippen molar-refractivity contribution in [1.82, 2.24) is 15.2 Å². The van der Waals surface area contributed by atoms with E-state index >= 15 is 0 Å². The van der Waals surface area contributed by atoms with Crippen LogP contribution >= 0.6 is 11.3 Å². The van der Waals surface area contributed by atoms with Gasteiger partial charge in [0.1, 0.15) is 26.8 Å². The highest BCUT2D eigenvalue weighted by molar-refractivity contribution is 7.21. The highest BCUT2D eigenvalue weighted by Gasteiger charge is 2.35. The van der Waals surface area contributed by atoms with Crippen LogP contribution < -0.4 is 20.3 Å². The number of urea groups is 1. The van der Waals surface area contributed by atoms with E-state index in [4.69, 9.17) is 9.47 Å². The number of carbonyl (C=O) groups excluding carboxylic acids is 3. The van der Waals surface area contributed by atoms with Crippen LogP contribution in [-0.2, 0) is 4.74 Å².